The van der Waals surface area contributed by atoms with E-state index in [2.05, 4.69) is 53.4 Å². The maximum absolute atomic E-state index is 13.2. The second-order valence-corrected chi connectivity index (χ2v) is 9.11. The van der Waals surface area contributed by atoms with Gasteiger partial charge in [0.15, 0.2) is 16.8 Å². The van der Waals surface area contributed by atoms with E-state index in [0.717, 1.165) is 34.0 Å². The number of hydrogen-bond donors (Lipinski definition) is 0. The van der Waals surface area contributed by atoms with Crippen molar-refractivity contribution in [2.24, 2.45) is 0 Å². The van der Waals surface area contributed by atoms with Crippen LogP contribution < -0.4 is 0 Å². The molecule has 0 unspecified atom stereocenters. The zero-order valence-corrected chi connectivity index (χ0v) is 20.3. The van der Waals surface area contributed by atoms with Gasteiger partial charge in [0, 0.05) is 34.7 Å². The van der Waals surface area contributed by atoms with Crippen molar-refractivity contribution in [3.8, 4) is 17.1 Å². The number of carbonyl (C=O) groups excluding carboxylic acids is 1. The van der Waals surface area contributed by atoms with Gasteiger partial charge in [-0.25, -0.2) is 0 Å². The highest BCUT2D eigenvalue weighted by atomic mass is 32.2. The summed E-state index contributed by atoms with van der Waals surface area (Å²) in [6.45, 7) is 12.7. The molecule has 0 radical (unpaired) electrons. The number of ketones is 1. The van der Waals surface area contributed by atoms with Crippen molar-refractivity contribution in [2.75, 3.05) is 5.75 Å². The Balaban J connectivity index is 1.57. The number of nitrogens with zero attached hydrogens (tertiary/aromatic N) is 4. The van der Waals surface area contributed by atoms with Crippen LogP contribution in [0.3, 0.4) is 0 Å². The number of allylic oxidation sites excluding steroid dienone is 1. The van der Waals surface area contributed by atoms with E-state index in [9.17, 15) is 4.79 Å². The molecule has 0 atom stereocenters. The molecule has 4 rings (SSSR count). The van der Waals surface area contributed by atoms with Crippen LogP contribution in [0.5, 0.6) is 0 Å². The maximum atomic E-state index is 13.2. The van der Waals surface area contributed by atoms with Gasteiger partial charge in [0.05, 0.1) is 5.75 Å². The van der Waals surface area contributed by atoms with Crippen LogP contribution in [0.4, 0.5) is 0 Å². The monoisotopic (exact) mass is 456 g/mol. The number of aryl methyl sites for hydroxylation is 3. The molecule has 33 heavy (non-hydrogen) atoms. The molecule has 0 aliphatic rings. The first-order chi connectivity index (χ1) is 15.9. The molecule has 168 valence electrons. The lowest BCUT2D eigenvalue weighted by Gasteiger charge is -2.12. The van der Waals surface area contributed by atoms with Gasteiger partial charge in [-0.2, -0.15) is 0 Å². The minimum absolute atomic E-state index is 0.0811. The van der Waals surface area contributed by atoms with Gasteiger partial charge in [-0.15, -0.1) is 16.8 Å². The first-order valence-electron chi connectivity index (χ1n) is 10.9. The Bertz CT molecular complexity index is 1320. The van der Waals surface area contributed by atoms with E-state index in [1.54, 1.807) is 0 Å². The average molecular weight is 457 g/mol. The molecule has 0 bridgehead atoms. The van der Waals surface area contributed by atoms with Crippen LogP contribution in [0.15, 0.2) is 72.4 Å². The molecule has 4 aromatic rings. The molecular weight excluding hydrogens is 428 g/mol. The third kappa shape index (κ3) is 4.57. The number of hydrogen-bond acceptors (Lipinski definition) is 4. The summed E-state index contributed by atoms with van der Waals surface area (Å²) in [4.78, 5) is 13.2. The zero-order chi connectivity index (χ0) is 23.5. The molecule has 0 saturated carbocycles. The number of thioether (sulfide) groups is 1. The molecule has 0 amide bonds. The zero-order valence-electron chi connectivity index (χ0n) is 19.5. The number of aromatic nitrogens is 4. The molecule has 2 aromatic carbocycles. The summed E-state index contributed by atoms with van der Waals surface area (Å²) in [6, 6.07) is 18.3. The highest BCUT2D eigenvalue weighted by Gasteiger charge is 2.19. The highest BCUT2D eigenvalue weighted by Crippen LogP contribution is 2.27. The Hall–Kier alpha value is -3.38. The van der Waals surface area contributed by atoms with Crippen molar-refractivity contribution in [3.63, 3.8) is 0 Å². The molecular formula is C27H28N4OS. The molecule has 2 heterocycles. The van der Waals surface area contributed by atoms with Crippen LogP contribution >= 0.6 is 11.8 Å². The van der Waals surface area contributed by atoms with E-state index in [-0.39, 0.29) is 5.78 Å². The number of carbonyl (C=O) groups is 1. The van der Waals surface area contributed by atoms with Gasteiger partial charge in [0.25, 0.3) is 0 Å². The lowest BCUT2D eigenvalue weighted by molar-refractivity contribution is 0.102. The summed E-state index contributed by atoms with van der Waals surface area (Å²) in [5.74, 6) is 1.15. The summed E-state index contributed by atoms with van der Waals surface area (Å²) in [5.41, 5.74) is 7.31. The lowest BCUT2D eigenvalue weighted by atomic mass is 10.1. The Morgan fingerprint density at radius 1 is 1.00 bits per heavy atom. The summed E-state index contributed by atoms with van der Waals surface area (Å²) in [6.07, 6.45) is 1.82. The largest absolute Gasteiger partial charge is 0.318 e. The second-order valence-electron chi connectivity index (χ2n) is 8.17. The third-order valence-electron chi connectivity index (χ3n) is 5.87. The number of benzene rings is 2. The molecule has 0 saturated heterocycles. The van der Waals surface area contributed by atoms with Crippen molar-refractivity contribution in [3.05, 3.63) is 95.3 Å². The predicted octanol–water partition coefficient (Wildman–Crippen LogP) is 6.13. The van der Waals surface area contributed by atoms with E-state index in [4.69, 9.17) is 0 Å². The molecule has 2 aromatic heterocycles. The minimum Gasteiger partial charge on any atom is -0.318 e. The Morgan fingerprint density at radius 2 is 1.76 bits per heavy atom. The molecule has 0 aliphatic carbocycles. The molecule has 0 spiro atoms. The molecule has 0 aliphatic heterocycles. The summed E-state index contributed by atoms with van der Waals surface area (Å²) >= 11 is 1.41. The van der Waals surface area contributed by atoms with Gasteiger partial charge in [0.1, 0.15) is 0 Å². The normalized spacial score (nSPS) is 11.0. The van der Waals surface area contributed by atoms with E-state index < -0.39 is 0 Å². The van der Waals surface area contributed by atoms with Crippen LogP contribution in [0, 0.1) is 27.7 Å². The fourth-order valence-electron chi connectivity index (χ4n) is 4.00. The van der Waals surface area contributed by atoms with Crippen LogP contribution in [0.1, 0.15) is 32.9 Å². The minimum atomic E-state index is 0.0811. The SMILES string of the molecule is C=CCn1c(SCC(=O)c2cc(C)n(-c3ccc(C)c(C)c3)c2C)nnc1-c1ccccc1. The highest BCUT2D eigenvalue weighted by molar-refractivity contribution is 7.99. The molecule has 0 N–H and O–H groups in total. The standard InChI is InChI=1S/C27H28N4OS/c1-6-14-30-26(22-10-8-7-9-11-22)28-29-27(30)33-17-25(32)24-16-20(4)31(21(24)5)23-13-12-18(2)19(3)15-23/h6-13,15-16H,1,14,17H2,2-5H3. The fourth-order valence-corrected chi connectivity index (χ4v) is 4.84. The van der Waals surface area contributed by atoms with Gasteiger partial charge in [-0.3, -0.25) is 9.36 Å². The number of Topliss-reactive ketones (excluding diaryl/α,β-unsaturated/α-hetero) is 1. The Morgan fingerprint density at radius 3 is 2.45 bits per heavy atom. The third-order valence-corrected chi connectivity index (χ3v) is 6.84. The Kier molecular flexibility index (Phi) is 6.65. The average Bonchev–Trinajstić information content (AvgIpc) is 3.35. The van der Waals surface area contributed by atoms with Crippen LogP contribution in [-0.2, 0) is 6.54 Å². The maximum Gasteiger partial charge on any atom is 0.192 e. The van der Waals surface area contributed by atoms with Crippen molar-refractivity contribution >= 4 is 17.5 Å². The molecule has 6 heteroatoms. The van der Waals surface area contributed by atoms with E-state index in [0.29, 0.717) is 17.5 Å². The van der Waals surface area contributed by atoms with Gasteiger partial charge < -0.3 is 4.57 Å². The summed E-state index contributed by atoms with van der Waals surface area (Å²) < 4.78 is 4.15. The van der Waals surface area contributed by atoms with Crippen molar-refractivity contribution in [1.82, 2.24) is 19.3 Å². The molecule has 0 fully saturated rings. The van der Waals surface area contributed by atoms with Gasteiger partial charge in [-0.05, 0) is 57.0 Å². The van der Waals surface area contributed by atoms with Crippen molar-refractivity contribution in [1.29, 1.82) is 0 Å². The van der Waals surface area contributed by atoms with Crippen LogP contribution in [0.2, 0.25) is 0 Å². The van der Waals surface area contributed by atoms with Crippen molar-refractivity contribution < 1.29 is 4.79 Å². The van der Waals surface area contributed by atoms with Gasteiger partial charge in [0.2, 0.25) is 0 Å². The topological polar surface area (TPSA) is 52.7 Å². The lowest BCUT2D eigenvalue weighted by Crippen LogP contribution is -2.07. The van der Waals surface area contributed by atoms with Crippen LogP contribution in [0.25, 0.3) is 17.1 Å². The predicted molar refractivity (Wildman–Crippen MR) is 135 cm³/mol. The second kappa shape index (κ2) is 9.63. The van der Waals surface area contributed by atoms with E-state index in [1.807, 2.05) is 60.9 Å². The van der Waals surface area contributed by atoms with Crippen LogP contribution in [-0.4, -0.2) is 30.9 Å². The number of rotatable bonds is 8. The quantitative estimate of drug-likeness (QED) is 0.182. The first kappa shape index (κ1) is 22.8. The summed E-state index contributed by atoms with van der Waals surface area (Å²) in [5, 5.41) is 9.45. The molecule has 5 nitrogen and oxygen atoms in total. The van der Waals surface area contributed by atoms with Gasteiger partial charge >= 0.3 is 0 Å². The smallest absolute Gasteiger partial charge is 0.192 e. The Labute approximate surface area is 199 Å². The fraction of sp³-hybridized carbons (Fsp3) is 0.222. The van der Waals surface area contributed by atoms with E-state index >= 15 is 0 Å². The summed E-state index contributed by atoms with van der Waals surface area (Å²) in [7, 11) is 0. The van der Waals surface area contributed by atoms with Crippen molar-refractivity contribution in [2.45, 2.75) is 39.4 Å². The first-order valence-corrected chi connectivity index (χ1v) is 11.9. The van der Waals surface area contributed by atoms with E-state index in [1.165, 1.54) is 22.9 Å². The van der Waals surface area contributed by atoms with Gasteiger partial charge in [-0.1, -0.05) is 54.2 Å².